The number of nitrogens with zero attached hydrogens (tertiary/aromatic N) is 26. The van der Waals surface area contributed by atoms with Crippen LogP contribution in [-0.4, -0.2) is 273 Å². The fraction of sp³-hybridized carbons (Fsp3) is 0.340. The normalized spacial score (nSPS) is 16.0. The number of amides is 4. The molecule has 0 spiro atoms. The van der Waals surface area contributed by atoms with Crippen molar-refractivity contribution in [1.29, 1.82) is 0 Å². The summed E-state index contributed by atoms with van der Waals surface area (Å²) in [4.78, 5) is 233. The summed E-state index contributed by atoms with van der Waals surface area (Å²) in [6, 6.07) is 27.6. The van der Waals surface area contributed by atoms with Crippen molar-refractivity contribution in [2.24, 2.45) is 0 Å². The zero-order valence-corrected chi connectivity index (χ0v) is 79.2. The van der Waals surface area contributed by atoms with Crippen molar-refractivity contribution in [3.63, 3.8) is 0 Å². The van der Waals surface area contributed by atoms with Crippen LogP contribution in [0.5, 0.6) is 0 Å². The first-order valence-corrected chi connectivity index (χ1v) is 47.5. The highest BCUT2D eigenvalue weighted by Crippen LogP contribution is 2.36. The van der Waals surface area contributed by atoms with E-state index in [-0.39, 0.29) is 47.8 Å². The molecule has 0 aliphatic carbocycles. The van der Waals surface area contributed by atoms with Crippen molar-refractivity contribution in [3.05, 3.63) is 248 Å². The summed E-state index contributed by atoms with van der Waals surface area (Å²) in [6.45, 7) is 19.3. The van der Waals surface area contributed by atoms with E-state index in [0.717, 1.165) is 73.2 Å². The van der Waals surface area contributed by atoms with Gasteiger partial charge in [0.25, 0.3) is 22.2 Å². The first-order valence-electron chi connectivity index (χ1n) is 47.5. The van der Waals surface area contributed by atoms with Gasteiger partial charge in [-0.05, 0) is 156 Å². The number of aromatic amines is 4. The molecule has 4 amide bonds. The van der Waals surface area contributed by atoms with Crippen LogP contribution in [0.4, 0.5) is 11.6 Å². The Labute approximate surface area is 811 Å². The van der Waals surface area contributed by atoms with E-state index in [4.69, 9.17) is 29.7 Å². The van der Waals surface area contributed by atoms with E-state index >= 15 is 0 Å². The topological polar surface area (TPSA) is 505 Å². The summed E-state index contributed by atoms with van der Waals surface area (Å²) in [7, 11) is 2.13. The number of hydrogen-bond acceptors (Lipinski definition) is 30. The van der Waals surface area contributed by atoms with E-state index < -0.39 is 45.0 Å². The van der Waals surface area contributed by atoms with Crippen LogP contribution >= 0.6 is 0 Å². The second-order valence-corrected chi connectivity index (χ2v) is 36.4. The molecule has 0 aromatic carbocycles. The van der Waals surface area contributed by atoms with Gasteiger partial charge in [0.15, 0.2) is 5.82 Å². The number of ether oxygens (including phenoxy) is 1. The van der Waals surface area contributed by atoms with Crippen molar-refractivity contribution >= 4 is 123 Å². The molecular weight excluding hydrogens is 1830 g/mol. The molecule has 43 heteroatoms. The average molecular weight is 1930 g/mol. The maximum absolute atomic E-state index is 13.1. The van der Waals surface area contributed by atoms with Gasteiger partial charge < -0.3 is 39.0 Å². The summed E-state index contributed by atoms with van der Waals surface area (Å²) in [6.07, 6.45) is 23.0. The number of piperazine rings is 1. The Morgan fingerprint density at radius 1 is 0.322 bits per heavy atom. The molecule has 0 radical (unpaired) electrons. The Morgan fingerprint density at radius 2 is 0.608 bits per heavy atom. The van der Waals surface area contributed by atoms with Crippen LogP contribution in [0.15, 0.2) is 198 Å². The molecule has 17 aromatic heterocycles. The van der Waals surface area contributed by atoms with E-state index in [1.807, 2.05) is 103 Å². The molecule has 17 aromatic rings. The van der Waals surface area contributed by atoms with Gasteiger partial charge in [-0.25, -0.2) is 68.7 Å². The van der Waals surface area contributed by atoms with Crippen LogP contribution in [0.2, 0.25) is 0 Å². The zero-order chi connectivity index (χ0) is 99.1. The molecule has 6 saturated heterocycles. The summed E-state index contributed by atoms with van der Waals surface area (Å²) in [5, 5.41) is 5.42. The highest BCUT2D eigenvalue weighted by atomic mass is 16.5. The number of hydrogen-bond donors (Lipinski definition) is 4. The number of morpholine rings is 1. The van der Waals surface area contributed by atoms with Crippen molar-refractivity contribution in [2.75, 3.05) is 122 Å². The minimum absolute atomic E-state index is 0.0141. The molecule has 6 aliphatic heterocycles. The number of pyridine rings is 11. The van der Waals surface area contributed by atoms with Crippen LogP contribution in [-0.2, 0) is 23.9 Å². The SMILES string of the molecule is CC(=O)N1CCC(n2c(=O)[nH]c(=O)c3cnc4ccc(-c5ccc(-n6cccn6)nc5)nc4c32)CC1.CC(=O)N1CCC(n2c(=O)[nH]c(=O)c3cnc4ccc(-c5ccc(N6CCN(C)CC6)nc5)nc4c32)CC1.CC(=O)N1CCC(n2c(=O)[nH]c(=O)c3cnc4ccc(-c5ccc(N6CCOCC6)nc5)nc4c32)CC1.CC(=O)N1CCC(n2c(=O)[nH]c(=O)c3cnc4ccc(-c5cnc(C)nc5)nc4c32)CC1. The number of carbonyl (C=O) groups excluding carboxylic acids is 4. The van der Waals surface area contributed by atoms with E-state index in [0.29, 0.717) is 239 Å². The lowest BCUT2D eigenvalue weighted by atomic mass is 10.0. The van der Waals surface area contributed by atoms with Gasteiger partial charge in [0, 0.05) is 234 Å². The number of fused-ring (bicyclic) bond motifs is 12. The lowest BCUT2D eigenvalue weighted by molar-refractivity contribution is -0.130. The van der Waals surface area contributed by atoms with E-state index in [1.54, 1.807) is 108 Å². The molecule has 0 unspecified atom stereocenters. The standard InChI is InChI=1S/C27H30N8O3.C26H27N7O4.C25H22N8O3.C22H21N7O3/c1-17(36)33-9-7-19(8-10-33)35-25-20(26(37)31-27(35)38)16-28-22-5-4-21(30-24(22)25)18-3-6-23(29-15-18)34-13-11-32(2)12-14-34;1-16(34)31-8-6-18(7-9-31)33-24-19(25(35)30-26(33)36)15-27-21-4-3-20(29-23(21)24)17-2-5-22(28-14-17)32-10-12-37-13-11-32;1-15(34)31-11-7-17(8-12-31)33-23-18(24(35)30-25(33)36)14-26-20-5-4-19(29-22(20)23)16-3-6-21(27-13-16)32-10-2-9-28-32;1-12-23-9-14(10-24-12)17-3-4-18-19(26-17)20-16(11-25-18)21(31)27-22(32)29(20)15-5-7-28(8-6-15)13(2)30/h3-6,15-16,19H,7-14H2,1-2H3,(H,31,37,38);2-5,14-15,18H,6-13H2,1H3,(H,30,35,36);2-6,9-10,13-14,17H,7-8,11-12H2,1H3,(H,30,35,36);3-4,9-11,15H,5-8H2,1-2H3,(H,27,31,32). The predicted molar refractivity (Wildman–Crippen MR) is 535 cm³/mol. The van der Waals surface area contributed by atoms with Gasteiger partial charge in [-0.15, -0.1) is 0 Å². The second kappa shape index (κ2) is 39.8. The third-order valence-corrected chi connectivity index (χ3v) is 27.7. The molecule has 4 N–H and O–H groups in total. The maximum atomic E-state index is 13.1. The number of aryl methyl sites for hydroxylation is 1. The van der Waals surface area contributed by atoms with Gasteiger partial charge in [0.1, 0.15) is 39.5 Å². The van der Waals surface area contributed by atoms with E-state index in [1.165, 1.54) is 24.8 Å². The number of carbonyl (C=O) groups is 4. The first kappa shape index (κ1) is 93.8. The number of nitrogens with one attached hydrogen (secondary N) is 4. The van der Waals surface area contributed by atoms with Crippen LogP contribution in [0.3, 0.4) is 0 Å². The second-order valence-electron chi connectivity index (χ2n) is 36.4. The first-order chi connectivity index (χ1) is 69.3. The van der Waals surface area contributed by atoms with Gasteiger partial charge in [-0.3, -0.25) is 96.5 Å². The summed E-state index contributed by atoms with van der Waals surface area (Å²) in [5.41, 5.74) is 8.05. The van der Waals surface area contributed by atoms with Crippen molar-refractivity contribution in [3.8, 4) is 50.8 Å². The molecule has 143 heavy (non-hydrogen) atoms. The molecule has 728 valence electrons. The Morgan fingerprint density at radius 3 is 0.888 bits per heavy atom. The minimum Gasteiger partial charge on any atom is -0.378 e. The molecule has 23 rings (SSSR count). The van der Waals surface area contributed by atoms with Crippen LogP contribution in [0.25, 0.3) is 139 Å². The van der Waals surface area contributed by atoms with Crippen molar-refractivity contribution < 1.29 is 23.9 Å². The van der Waals surface area contributed by atoms with Crippen LogP contribution in [0, 0.1) is 6.92 Å². The maximum Gasteiger partial charge on any atom is 0.329 e. The molecule has 23 heterocycles. The van der Waals surface area contributed by atoms with Gasteiger partial charge in [-0.1, -0.05) is 0 Å². The van der Waals surface area contributed by atoms with Crippen molar-refractivity contribution in [1.82, 2.24) is 137 Å². The zero-order valence-electron chi connectivity index (χ0n) is 79.2. The summed E-state index contributed by atoms with van der Waals surface area (Å²) < 4.78 is 13.6. The van der Waals surface area contributed by atoms with Crippen LogP contribution < -0.4 is 54.8 Å². The van der Waals surface area contributed by atoms with E-state index in [2.05, 4.69) is 86.7 Å². The fourth-order valence-corrected chi connectivity index (χ4v) is 19.8. The third kappa shape index (κ3) is 19.0. The number of aromatic nitrogens is 23. The monoisotopic (exact) mass is 1930 g/mol. The average Bonchev–Trinajstić information content (AvgIpc) is 0.932. The number of likely N-dealkylation sites (N-methyl/N-ethyl adjacent to an activating group) is 1. The highest BCUT2D eigenvalue weighted by molar-refractivity contribution is 6.04. The quantitative estimate of drug-likeness (QED) is 0.0947. The number of likely N-dealkylation sites (tertiary alicyclic amines) is 4. The number of piperidine rings is 4. The third-order valence-electron chi connectivity index (χ3n) is 27.7. The highest BCUT2D eigenvalue weighted by Gasteiger charge is 2.33. The Hall–Kier alpha value is -16.9. The minimum atomic E-state index is -0.501. The largest absolute Gasteiger partial charge is 0.378 e. The van der Waals surface area contributed by atoms with E-state index in [9.17, 15) is 57.5 Å². The lowest BCUT2D eigenvalue weighted by Gasteiger charge is -2.33. The molecule has 43 nitrogen and oxygen atoms in total. The number of anilines is 2. The molecular formula is C100H100N30O13. The van der Waals surface area contributed by atoms with Crippen molar-refractivity contribution in [2.45, 2.75) is 110 Å². The number of H-pyrrole nitrogens is 4. The molecule has 0 saturated carbocycles. The lowest BCUT2D eigenvalue weighted by Crippen LogP contribution is -2.44. The Balaban J connectivity index is 0.000000117. The predicted octanol–water partition coefficient (Wildman–Crippen LogP) is 6.99. The molecule has 6 fully saturated rings. The Kier molecular flexibility index (Phi) is 26.1. The Bertz CT molecular complexity index is 8350. The summed E-state index contributed by atoms with van der Waals surface area (Å²) >= 11 is 0. The van der Waals surface area contributed by atoms with Gasteiger partial charge in [0.2, 0.25) is 23.6 Å². The summed E-state index contributed by atoms with van der Waals surface area (Å²) in [5.74, 6) is 3.22. The molecule has 6 aliphatic rings. The number of rotatable bonds is 11. The molecule has 0 atom stereocenters. The van der Waals surface area contributed by atoms with Gasteiger partial charge in [0.05, 0.1) is 102 Å². The molecule has 0 bridgehead atoms. The smallest absolute Gasteiger partial charge is 0.329 e. The van der Waals surface area contributed by atoms with Gasteiger partial charge in [-0.2, -0.15) is 5.10 Å². The van der Waals surface area contributed by atoms with Gasteiger partial charge >= 0.3 is 22.8 Å². The van der Waals surface area contributed by atoms with Crippen LogP contribution in [0.1, 0.15) is 109 Å². The fourth-order valence-electron chi connectivity index (χ4n) is 19.8.